The minimum Gasteiger partial charge on any atom is -0.501 e. The Morgan fingerprint density at radius 1 is 1.43 bits per heavy atom. The van der Waals surface area contributed by atoms with Gasteiger partial charge in [-0.25, -0.2) is 9.78 Å². The van der Waals surface area contributed by atoms with Crippen LogP contribution in [0.1, 0.15) is 35.0 Å². The number of nitrogens with zero attached hydrogens (tertiary/aromatic N) is 2. The van der Waals surface area contributed by atoms with Crippen molar-refractivity contribution in [3.8, 4) is 0 Å². The third-order valence-electron chi connectivity index (χ3n) is 3.41. The summed E-state index contributed by atoms with van der Waals surface area (Å²) in [5.74, 6) is -0.356. The second-order valence-electron chi connectivity index (χ2n) is 5.27. The van der Waals surface area contributed by atoms with Crippen LogP contribution in [0, 0.1) is 0 Å². The lowest BCUT2D eigenvalue weighted by Crippen LogP contribution is -2.09. The van der Waals surface area contributed by atoms with Crippen LogP contribution in [0.15, 0.2) is 18.5 Å². The summed E-state index contributed by atoms with van der Waals surface area (Å²) in [6.45, 7) is 2.78. The van der Waals surface area contributed by atoms with Crippen molar-refractivity contribution in [3.63, 3.8) is 0 Å². The Morgan fingerprint density at radius 3 is 2.87 bits per heavy atom. The fraction of sp³-hybridized carbons (Fsp3) is 0.412. The number of thiophene rings is 1. The van der Waals surface area contributed by atoms with E-state index in [0.717, 1.165) is 34.3 Å². The molecule has 0 amide bonds. The van der Waals surface area contributed by atoms with E-state index in [2.05, 4.69) is 11.9 Å². The lowest BCUT2D eigenvalue weighted by atomic mass is 10.1. The van der Waals surface area contributed by atoms with Gasteiger partial charge in [-0.1, -0.05) is 13.3 Å². The fourth-order valence-corrected chi connectivity index (χ4v) is 3.29. The van der Waals surface area contributed by atoms with Crippen molar-refractivity contribution < 1.29 is 14.3 Å². The molecule has 0 N–H and O–H groups in total. The average Bonchev–Trinajstić information content (AvgIpc) is 2.92. The third kappa shape index (κ3) is 3.82. The second-order valence-corrected chi connectivity index (χ2v) is 6.27. The molecule has 0 aliphatic heterocycles. The Balaban J connectivity index is 2.50. The Kier molecular flexibility index (Phi) is 5.98. The molecule has 0 saturated carbocycles. The predicted octanol–water partition coefficient (Wildman–Crippen LogP) is 3.94. The highest BCUT2D eigenvalue weighted by Gasteiger charge is 2.21. The summed E-state index contributed by atoms with van der Waals surface area (Å²) >= 11 is 1.34. The molecule has 0 aromatic carbocycles. The van der Waals surface area contributed by atoms with E-state index in [-0.39, 0.29) is 5.97 Å². The molecule has 0 radical (unpaired) electrons. The van der Waals surface area contributed by atoms with E-state index in [1.807, 2.05) is 31.1 Å². The molecule has 2 aromatic rings. The van der Waals surface area contributed by atoms with Crippen molar-refractivity contribution in [3.05, 3.63) is 29.0 Å². The number of aromatic nitrogens is 1. The zero-order valence-electron chi connectivity index (χ0n) is 14.0. The number of carbonyl (C=O) groups excluding carboxylic acids is 1. The van der Waals surface area contributed by atoms with E-state index in [0.29, 0.717) is 11.5 Å². The molecule has 0 aliphatic carbocycles. The van der Waals surface area contributed by atoms with Crippen molar-refractivity contribution in [2.75, 3.05) is 32.7 Å². The van der Waals surface area contributed by atoms with Crippen LogP contribution in [0.2, 0.25) is 0 Å². The summed E-state index contributed by atoms with van der Waals surface area (Å²) in [5.41, 5.74) is 1.81. The second kappa shape index (κ2) is 7.97. The summed E-state index contributed by atoms with van der Waals surface area (Å²) in [4.78, 5) is 19.8. The maximum atomic E-state index is 12.1. The van der Waals surface area contributed by atoms with Crippen molar-refractivity contribution >= 4 is 39.3 Å². The average molecular weight is 334 g/mol. The predicted molar refractivity (Wildman–Crippen MR) is 95.2 cm³/mol. The molecule has 0 spiro atoms. The standard InChI is InChI=1S/C17H22N2O3S/c1-5-6-10-22-11-8-12-14-13(19(2)3)7-9-18-16(14)23-15(12)17(20)21-4/h7-9,11H,5-6,10H2,1-4H3. The quantitative estimate of drug-likeness (QED) is 0.436. The Morgan fingerprint density at radius 2 is 2.22 bits per heavy atom. The molecule has 23 heavy (non-hydrogen) atoms. The van der Waals surface area contributed by atoms with Crippen LogP contribution in [0.4, 0.5) is 5.69 Å². The zero-order valence-corrected chi connectivity index (χ0v) is 14.8. The van der Waals surface area contributed by atoms with Gasteiger partial charge in [-0.15, -0.1) is 11.3 Å². The molecular weight excluding hydrogens is 312 g/mol. The van der Waals surface area contributed by atoms with Gasteiger partial charge in [-0.3, -0.25) is 0 Å². The van der Waals surface area contributed by atoms with Crippen LogP contribution < -0.4 is 4.90 Å². The lowest BCUT2D eigenvalue weighted by molar-refractivity contribution is 0.0606. The Hall–Kier alpha value is -2.08. The first kappa shape index (κ1) is 17.3. The highest BCUT2D eigenvalue weighted by molar-refractivity contribution is 7.20. The van der Waals surface area contributed by atoms with Crippen LogP contribution >= 0.6 is 11.3 Å². The van der Waals surface area contributed by atoms with Gasteiger partial charge >= 0.3 is 5.97 Å². The van der Waals surface area contributed by atoms with Gasteiger partial charge in [-0.05, 0) is 18.6 Å². The topological polar surface area (TPSA) is 51.7 Å². The first-order chi connectivity index (χ1) is 11.1. The number of esters is 1. The lowest BCUT2D eigenvalue weighted by Gasteiger charge is -2.14. The summed E-state index contributed by atoms with van der Waals surface area (Å²) in [7, 11) is 5.32. The molecule has 124 valence electrons. The SMILES string of the molecule is CCCCOC=Cc1c(C(=O)OC)sc2nccc(N(C)C)c12. The number of methoxy groups -OCH3 is 1. The summed E-state index contributed by atoms with van der Waals surface area (Å²) in [5, 5.41) is 0.943. The van der Waals surface area contributed by atoms with Gasteiger partial charge in [0.1, 0.15) is 9.71 Å². The maximum Gasteiger partial charge on any atom is 0.348 e. The molecule has 6 heteroatoms. The molecule has 0 aliphatic rings. The molecule has 2 heterocycles. The Labute approximate surface area is 140 Å². The van der Waals surface area contributed by atoms with Crippen LogP contribution in [-0.2, 0) is 9.47 Å². The summed E-state index contributed by atoms with van der Waals surface area (Å²) in [6, 6.07) is 1.94. The van der Waals surface area contributed by atoms with E-state index in [9.17, 15) is 4.79 Å². The van der Waals surface area contributed by atoms with E-state index in [1.165, 1.54) is 18.4 Å². The zero-order chi connectivity index (χ0) is 16.8. The molecule has 2 aromatic heterocycles. The molecule has 0 fully saturated rings. The number of rotatable bonds is 7. The molecule has 5 nitrogen and oxygen atoms in total. The minimum absolute atomic E-state index is 0.356. The van der Waals surface area contributed by atoms with Crippen LogP contribution in [0.5, 0.6) is 0 Å². The van der Waals surface area contributed by atoms with Crippen molar-refractivity contribution in [1.29, 1.82) is 0 Å². The normalized spacial score (nSPS) is 11.1. The number of hydrogen-bond donors (Lipinski definition) is 0. The number of unbranched alkanes of at least 4 members (excludes halogenated alkanes) is 1. The fourth-order valence-electron chi connectivity index (χ4n) is 2.22. The number of anilines is 1. The highest BCUT2D eigenvalue weighted by Crippen LogP contribution is 2.37. The number of ether oxygens (including phenoxy) is 2. The first-order valence-electron chi connectivity index (χ1n) is 7.55. The summed E-state index contributed by atoms with van der Waals surface area (Å²) in [6.07, 6.45) is 7.31. The van der Waals surface area contributed by atoms with Gasteiger partial charge in [-0.2, -0.15) is 0 Å². The molecule has 0 saturated heterocycles. The van der Waals surface area contributed by atoms with Crippen LogP contribution in [0.3, 0.4) is 0 Å². The summed E-state index contributed by atoms with van der Waals surface area (Å²) < 4.78 is 10.4. The van der Waals surface area contributed by atoms with Gasteiger partial charge < -0.3 is 14.4 Å². The van der Waals surface area contributed by atoms with Gasteiger partial charge in [0.2, 0.25) is 0 Å². The van der Waals surface area contributed by atoms with Crippen molar-refractivity contribution in [1.82, 2.24) is 4.98 Å². The number of hydrogen-bond acceptors (Lipinski definition) is 6. The monoisotopic (exact) mass is 334 g/mol. The number of fused-ring (bicyclic) bond motifs is 1. The number of pyridine rings is 1. The first-order valence-corrected chi connectivity index (χ1v) is 8.37. The van der Waals surface area contributed by atoms with E-state index in [4.69, 9.17) is 9.47 Å². The van der Waals surface area contributed by atoms with Crippen LogP contribution in [0.25, 0.3) is 16.3 Å². The molecule has 0 unspecified atom stereocenters. The minimum atomic E-state index is -0.356. The van der Waals surface area contributed by atoms with Crippen LogP contribution in [-0.4, -0.2) is 38.8 Å². The molecule has 0 atom stereocenters. The maximum absolute atomic E-state index is 12.1. The van der Waals surface area contributed by atoms with E-state index >= 15 is 0 Å². The van der Waals surface area contributed by atoms with Gasteiger partial charge in [0.05, 0.1) is 20.0 Å². The van der Waals surface area contributed by atoms with Gasteiger partial charge in [0.25, 0.3) is 0 Å². The van der Waals surface area contributed by atoms with Gasteiger partial charge in [0.15, 0.2) is 0 Å². The molecule has 2 rings (SSSR count). The van der Waals surface area contributed by atoms with Crippen molar-refractivity contribution in [2.24, 2.45) is 0 Å². The Bertz CT molecular complexity index is 707. The largest absolute Gasteiger partial charge is 0.501 e. The van der Waals surface area contributed by atoms with Gasteiger partial charge in [0, 0.05) is 36.9 Å². The smallest absolute Gasteiger partial charge is 0.348 e. The molecular formula is C17H22N2O3S. The van der Waals surface area contributed by atoms with E-state index in [1.54, 1.807) is 12.5 Å². The highest BCUT2D eigenvalue weighted by atomic mass is 32.1. The number of carbonyl (C=O) groups is 1. The van der Waals surface area contributed by atoms with E-state index < -0.39 is 0 Å². The third-order valence-corrected chi connectivity index (χ3v) is 4.50. The molecule has 0 bridgehead atoms. The van der Waals surface area contributed by atoms with Crippen molar-refractivity contribution in [2.45, 2.75) is 19.8 Å².